The highest BCUT2D eigenvalue weighted by atomic mass is 35.5. The summed E-state index contributed by atoms with van der Waals surface area (Å²) in [5.41, 5.74) is 2.78. The summed E-state index contributed by atoms with van der Waals surface area (Å²) in [4.78, 5) is 24.2. The molecule has 0 fully saturated rings. The summed E-state index contributed by atoms with van der Waals surface area (Å²) in [6, 6.07) is 14.0. The molecule has 0 radical (unpaired) electrons. The number of benzene rings is 2. The average Bonchev–Trinajstić information content (AvgIpc) is 2.48. The quantitative estimate of drug-likeness (QED) is 0.689. The molecule has 0 aliphatic heterocycles. The number of carbonyl (C=O) groups excluding carboxylic acids is 2. The number of esters is 2. The lowest BCUT2D eigenvalue weighted by molar-refractivity contribution is -0.140. The van der Waals surface area contributed by atoms with Gasteiger partial charge in [-0.2, -0.15) is 0 Å². The van der Waals surface area contributed by atoms with Crippen molar-refractivity contribution in [1.82, 2.24) is 0 Å². The maximum atomic E-state index is 12.1. The van der Waals surface area contributed by atoms with Crippen LogP contribution in [0.25, 0.3) is 0 Å². The van der Waals surface area contributed by atoms with Gasteiger partial charge in [-0.15, -0.1) is 12.4 Å². The molecular weight excluding hydrogens is 316 g/mol. The lowest BCUT2D eigenvalue weighted by atomic mass is 10.0. The lowest BCUT2D eigenvalue weighted by Gasteiger charge is -2.13. The molecule has 0 spiro atoms. The summed E-state index contributed by atoms with van der Waals surface area (Å²) in [6.45, 7) is 3.32. The smallest absolute Gasteiger partial charge is 0.345 e. The minimum Gasteiger partial charge on any atom is -0.395 e. The maximum Gasteiger partial charge on any atom is 0.345 e. The number of aryl methyl sites for hydroxylation is 2. The van der Waals surface area contributed by atoms with Crippen molar-refractivity contribution in [2.24, 2.45) is 0 Å². The van der Waals surface area contributed by atoms with Crippen LogP contribution in [0, 0.1) is 13.8 Å². The molecule has 2 aromatic rings. The van der Waals surface area contributed by atoms with Gasteiger partial charge < -0.3 is 9.84 Å². The number of ether oxygens (including phenoxy) is 1. The molecule has 2 aromatic carbocycles. The largest absolute Gasteiger partial charge is 0.395 e. The maximum absolute atomic E-state index is 12.1. The molecule has 2 rings (SSSR count). The normalized spacial score (nSPS) is 11.3. The fourth-order valence-electron chi connectivity index (χ4n) is 2.32. The molecule has 5 heteroatoms. The first kappa shape index (κ1) is 18.9. The van der Waals surface area contributed by atoms with Gasteiger partial charge in [0, 0.05) is 0 Å². The molecule has 0 saturated carbocycles. The van der Waals surface area contributed by atoms with E-state index in [1.807, 2.05) is 26.0 Å². The molecule has 0 aliphatic carbocycles. The summed E-state index contributed by atoms with van der Waals surface area (Å²) < 4.78 is 4.92. The Kier molecular flexibility index (Phi) is 6.94. The molecule has 0 aliphatic rings. The SMILES string of the molecule is Cc1cc(C)cc(C(=O)OC(=O)C(CO)c2ccccc2)c1.Cl. The Bertz CT molecular complexity index is 662. The monoisotopic (exact) mass is 334 g/mol. The van der Waals surface area contributed by atoms with E-state index in [2.05, 4.69) is 0 Å². The summed E-state index contributed by atoms with van der Waals surface area (Å²) in [5, 5.41) is 9.41. The molecule has 0 heterocycles. The van der Waals surface area contributed by atoms with Crippen LogP contribution in [0.4, 0.5) is 0 Å². The zero-order valence-corrected chi connectivity index (χ0v) is 13.8. The Morgan fingerprint density at radius 2 is 1.61 bits per heavy atom. The number of hydrogen-bond acceptors (Lipinski definition) is 4. The van der Waals surface area contributed by atoms with Crippen molar-refractivity contribution in [3.63, 3.8) is 0 Å². The standard InChI is InChI=1S/C18H18O4.ClH/c1-12-8-13(2)10-15(9-12)17(20)22-18(21)16(11-19)14-6-4-3-5-7-14;/h3-10,16,19H,11H2,1-2H3;1H. The van der Waals surface area contributed by atoms with Gasteiger partial charge >= 0.3 is 11.9 Å². The minimum absolute atomic E-state index is 0. The van der Waals surface area contributed by atoms with Crippen molar-refractivity contribution in [1.29, 1.82) is 0 Å². The zero-order chi connectivity index (χ0) is 16.1. The van der Waals surface area contributed by atoms with E-state index in [1.54, 1.807) is 36.4 Å². The van der Waals surface area contributed by atoms with E-state index in [0.717, 1.165) is 11.1 Å². The minimum atomic E-state index is -0.865. The van der Waals surface area contributed by atoms with Gasteiger partial charge in [0.1, 0.15) is 5.92 Å². The molecular formula is C18H19ClO4. The molecule has 23 heavy (non-hydrogen) atoms. The van der Waals surface area contributed by atoms with E-state index in [0.29, 0.717) is 11.1 Å². The van der Waals surface area contributed by atoms with Gasteiger partial charge in [0.15, 0.2) is 0 Å². The first-order valence-corrected chi connectivity index (χ1v) is 7.01. The van der Waals surface area contributed by atoms with Crippen LogP contribution in [0.15, 0.2) is 48.5 Å². The van der Waals surface area contributed by atoms with Crippen molar-refractivity contribution in [2.45, 2.75) is 19.8 Å². The number of hydrogen-bond donors (Lipinski definition) is 1. The van der Waals surface area contributed by atoms with Crippen LogP contribution in [0.5, 0.6) is 0 Å². The fraction of sp³-hybridized carbons (Fsp3) is 0.222. The van der Waals surface area contributed by atoms with Gasteiger partial charge in [-0.1, -0.05) is 47.5 Å². The zero-order valence-electron chi connectivity index (χ0n) is 13.0. The lowest BCUT2D eigenvalue weighted by Crippen LogP contribution is -2.22. The van der Waals surface area contributed by atoms with E-state index >= 15 is 0 Å². The van der Waals surface area contributed by atoms with Crippen LogP contribution in [0.1, 0.15) is 33.0 Å². The van der Waals surface area contributed by atoms with E-state index < -0.39 is 24.5 Å². The Balaban J connectivity index is 0.00000264. The van der Waals surface area contributed by atoms with Crippen molar-refractivity contribution < 1.29 is 19.4 Å². The third-order valence-electron chi connectivity index (χ3n) is 3.32. The second-order valence-electron chi connectivity index (χ2n) is 5.23. The molecule has 1 unspecified atom stereocenters. The van der Waals surface area contributed by atoms with E-state index in [9.17, 15) is 14.7 Å². The summed E-state index contributed by atoms with van der Waals surface area (Å²) in [7, 11) is 0. The third kappa shape index (κ3) is 4.91. The average molecular weight is 335 g/mol. The first-order chi connectivity index (χ1) is 10.5. The predicted molar refractivity (Wildman–Crippen MR) is 89.9 cm³/mol. The molecule has 0 aromatic heterocycles. The first-order valence-electron chi connectivity index (χ1n) is 7.01. The van der Waals surface area contributed by atoms with Crippen LogP contribution in [0.2, 0.25) is 0 Å². The summed E-state index contributed by atoms with van der Waals surface area (Å²) in [6.07, 6.45) is 0. The number of carbonyl (C=O) groups is 2. The predicted octanol–water partition coefficient (Wildman–Crippen LogP) is 3.18. The van der Waals surface area contributed by atoms with Crippen molar-refractivity contribution in [3.8, 4) is 0 Å². The Hall–Kier alpha value is -2.17. The van der Waals surface area contributed by atoms with Gasteiger partial charge in [-0.3, -0.25) is 4.79 Å². The molecule has 122 valence electrons. The van der Waals surface area contributed by atoms with Gasteiger partial charge in [0.05, 0.1) is 12.2 Å². The van der Waals surface area contributed by atoms with Crippen molar-refractivity contribution in [3.05, 3.63) is 70.8 Å². The highest BCUT2D eigenvalue weighted by Crippen LogP contribution is 2.18. The second kappa shape index (κ2) is 8.46. The van der Waals surface area contributed by atoms with Crippen LogP contribution < -0.4 is 0 Å². The number of aliphatic hydroxyl groups is 1. The molecule has 0 amide bonds. The van der Waals surface area contributed by atoms with Crippen LogP contribution in [0.3, 0.4) is 0 Å². The van der Waals surface area contributed by atoms with Crippen molar-refractivity contribution in [2.75, 3.05) is 6.61 Å². The number of halogens is 1. The number of aliphatic hydroxyl groups excluding tert-OH is 1. The fourth-order valence-corrected chi connectivity index (χ4v) is 2.32. The van der Waals surface area contributed by atoms with E-state index in [1.165, 1.54) is 0 Å². The molecule has 1 atom stereocenters. The van der Waals surface area contributed by atoms with Gasteiger partial charge in [-0.05, 0) is 31.5 Å². The molecule has 4 nitrogen and oxygen atoms in total. The topological polar surface area (TPSA) is 63.6 Å². The Labute approximate surface area is 141 Å². The van der Waals surface area contributed by atoms with E-state index in [4.69, 9.17) is 4.74 Å². The summed E-state index contributed by atoms with van der Waals surface area (Å²) in [5.74, 6) is -2.32. The summed E-state index contributed by atoms with van der Waals surface area (Å²) >= 11 is 0. The Morgan fingerprint density at radius 1 is 1.04 bits per heavy atom. The van der Waals surface area contributed by atoms with Crippen LogP contribution in [-0.2, 0) is 9.53 Å². The van der Waals surface area contributed by atoms with Crippen molar-refractivity contribution >= 4 is 24.3 Å². The molecule has 0 bridgehead atoms. The Morgan fingerprint density at radius 3 is 2.13 bits per heavy atom. The van der Waals surface area contributed by atoms with Gasteiger partial charge in [-0.25, -0.2) is 4.79 Å². The highest BCUT2D eigenvalue weighted by molar-refractivity contribution is 5.98. The molecule has 1 N–H and O–H groups in total. The van der Waals surface area contributed by atoms with Crippen LogP contribution in [-0.4, -0.2) is 23.7 Å². The van der Waals surface area contributed by atoms with Crippen LogP contribution >= 0.6 is 12.4 Å². The third-order valence-corrected chi connectivity index (χ3v) is 3.32. The number of rotatable bonds is 4. The molecule has 0 saturated heterocycles. The second-order valence-corrected chi connectivity index (χ2v) is 5.23. The van der Waals surface area contributed by atoms with E-state index in [-0.39, 0.29) is 12.4 Å². The van der Waals surface area contributed by atoms with Gasteiger partial charge in [0.2, 0.25) is 0 Å². The van der Waals surface area contributed by atoms with Gasteiger partial charge in [0.25, 0.3) is 0 Å². The highest BCUT2D eigenvalue weighted by Gasteiger charge is 2.24.